The van der Waals surface area contributed by atoms with Crippen molar-refractivity contribution in [1.82, 2.24) is 9.29 Å². The number of fused-ring (bicyclic) bond motifs is 1. The number of sulfonamides is 1. The van der Waals surface area contributed by atoms with Gasteiger partial charge in [-0.2, -0.15) is 4.31 Å². The Kier molecular flexibility index (Phi) is 4.92. The summed E-state index contributed by atoms with van der Waals surface area (Å²) in [4.78, 5) is 17.7. The molecule has 0 atom stereocenters. The van der Waals surface area contributed by atoms with E-state index in [0.717, 1.165) is 29.8 Å². The number of hydrogen-bond acceptors (Lipinski definition) is 6. The lowest BCUT2D eigenvalue weighted by molar-refractivity contribution is -0.122. The average Bonchev–Trinajstić information content (AvgIpc) is 3.01. The number of thiazole rings is 1. The zero-order valence-corrected chi connectivity index (χ0v) is 16.6. The topological polar surface area (TPSA) is 88.6 Å². The largest absolute Gasteiger partial charge is 0.495 e. The number of ether oxygens (including phenoxy) is 1. The molecule has 2 heterocycles. The monoisotopic (exact) mass is 407 g/mol. The Morgan fingerprint density at radius 2 is 2.11 bits per heavy atom. The van der Waals surface area contributed by atoms with Gasteiger partial charge in [0.25, 0.3) is 0 Å². The van der Waals surface area contributed by atoms with Crippen molar-refractivity contribution in [3.8, 4) is 5.75 Å². The summed E-state index contributed by atoms with van der Waals surface area (Å²) < 4.78 is 32.8. The van der Waals surface area contributed by atoms with Crippen molar-refractivity contribution in [2.45, 2.75) is 37.1 Å². The van der Waals surface area contributed by atoms with Gasteiger partial charge in [0.15, 0.2) is 5.13 Å². The van der Waals surface area contributed by atoms with Crippen LogP contribution in [0.4, 0.5) is 5.13 Å². The number of nitrogens with zero attached hydrogens (tertiary/aromatic N) is 2. The van der Waals surface area contributed by atoms with E-state index in [-0.39, 0.29) is 23.3 Å². The highest BCUT2D eigenvalue weighted by molar-refractivity contribution is 7.89. The number of rotatable bonds is 5. The maximum atomic E-state index is 13.1. The summed E-state index contributed by atoms with van der Waals surface area (Å²) in [5, 5.41) is 3.45. The van der Waals surface area contributed by atoms with Gasteiger partial charge in [-0.1, -0.05) is 18.6 Å². The lowest BCUT2D eigenvalue weighted by atomic mass is 9.85. The third-order valence-electron chi connectivity index (χ3n) is 5.09. The molecule has 4 rings (SSSR count). The first kappa shape index (κ1) is 18.4. The molecule has 1 fully saturated rings. The Morgan fingerprint density at radius 3 is 2.81 bits per heavy atom. The molecule has 7 nitrogen and oxygen atoms in total. The number of aromatic nitrogens is 1. The van der Waals surface area contributed by atoms with Crippen LogP contribution in [0.3, 0.4) is 0 Å². The highest BCUT2D eigenvalue weighted by atomic mass is 32.2. The van der Waals surface area contributed by atoms with Crippen LogP contribution in [-0.4, -0.2) is 37.3 Å². The van der Waals surface area contributed by atoms with Crippen LogP contribution >= 0.6 is 11.3 Å². The van der Waals surface area contributed by atoms with Crippen LogP contribution in [-0.2, 0) is 27.8 Å². The highest BCUT2D eigenvalue weighted by Crippen LogP contribution is 2.34. The molecule has 1 aromatic heterocycles. The molecule has 1 aromatic carbocycles. The van der Waals surface area contributed by atoms with Crippen LogP contribution in [0, 0.1) is 5.92 Å². The second kappa shape index (κ2) is 7.21. The van der Waals surface area contributed by atoms with E-state index < -0.39 is 10.0 Å². The van der Waals surface area contributed by atoms with Crippen molar-refractivity contribution < 1.29 is 17.9 Å². The molecule has 0 saturated heterocycles. The first-order valence-corrected chi connectivity index (χ1v) is 11.2. The molecule has 0 bridgehead atoms. The van der Waals surface area contributed by atoms with Gasteiger partial charge in [0, 0.05) is 23.8 Å². The lowest BCUT2D eigenvalue weighted by Gasteiger charge is -2.26. The standard InChI is InChI=1S/C18H21N3O4S2/c1-25-14-7-2-3-8-16(14)27(23,24)21-10-9-13-15(11-21)26-18(19-13)20-17(22)12-5-4-6-12/h2-3,7-8,12H,4-6,9-11H2,1H3,(H,19,20,22). The van der Waals surface area contributed by atoms with Crippen LogP contribution in [0.1, 0.15) is 29.8 Å². The molecule has 1 amide bonds. The van der Waals surface area contributed by atoms with Gasteiger partial charge >= 0.3 is 0 Å². The predicted octanol–water partition coefficient (Wildman–Crippen LogP) is 2.64. The van der Waals surface area contributed by atoms with Gasteiger partial charge in [-0.15, -0.1) is 11.3 Å². The van der Waals surface area contributed by atoms with Crippen molar-refractivity contribution in [3.05, 3.63) is 34.8 Å². The van der Waals surface area contributed by atoms with Crippen molar-refractivity contribution >= 4 is 32.4 Å². The summed E-state index contributed by atoms with van der Waals surface area (Å²) in [5.74, 6) is 0.445. The third kappa shape index (κ3) is 3.46. The Hall–Kier alpha value is -1.97. The van der Waals surface area contributed by atoms with E-state index in [9.17, 15) is 13.2 Å². The molecule has 1 saturated carbocycles. The van der Waals surface area contributed by atoms with E-state index >= 15 is 0 Å². The van der Waals surface area contributed by atoms with E-state index in [1.165, 1.54) is 22.8 Å². The maximum Gasteiger partial charge on any atom is 0.247 e. The lowest BCUT2D eigenvalue weighted by Crippen LogP contribution is -2.35. The fourth-order valence-corrected chi connectivity index (χ4v) is 5.95. The van der Waals surface area contributed by atoms with Crippen molar-refractivity contribution in [2.75, 3.05) is 19.0 Å². The van der Waals surface area contributed by atoms with Crippen LogP contribution in [0.15, 0.2) is 29.2 Å². The minimum atomic E-state index is -3.67. The fraction of sp³-hybridized carbons (Fsp3) is 0.444. The zero-order valence-electron chi connectivity index (χ0n) is 15.0. The maximum absolute atomic E-state index is 13.1. The molecule has 0 unspecified atom stereocenters. The van der Waals surface area contributed by atoms with E-state index in [0.29, 0.717) is 23.8 Å². The number of carbonyl (C=O) groups is 1. The smallest absolute Gasteiger partial charge is 0.247 e. The highest BCUT2D eigenvalue weighted by Gasteiger charge is 2.33. The molecule has 9 heteroatoms. The summed E-state index contributed by atoms with van der Waals surface area (Å²) in [6.07, 6.45) is 3.49. The predicted molar refractivity (Wildman–Crippen MR) is 102 cm³/mol. The molecule has 1 N–H and O–H groups in total. The van der Waals surface area contributed by atoms with Crippen LogP contribution < -0.4 is 10.1 Å². The minimum Gasteiger partial charge on any atom is -0.495 e. The summed E-state index contributed by atoms with van der Waals surface area (Å²) in [6.45, 7) is 0.611. The minimum absolute atomic E-state index is 0.0193. The second-order valence-electron chi connectivity index (χ2n) is 6.75. The van der Waals surface area contributed by atoms with Gasteiger partial charge in [-0.25, -0.2) is 13.4 Å². The Bertz CT molecular complexity index is 967. The SMILES string of the molecule is COc1ccccc1S(=O)(=O)N1CCc2nc(NC(=O)C3CCC3)sc2C1. The molecule has 27 heavy (non-hydrogen) atoms. The number of methoxy groups -OCH3 is 1. The van der Waals surface area contributed by atoms with Gasteiger partial charge in [-0.3, -0.25) is 4.79 Å². The molecular formula is C18H21N3O4S2. The molecule has 0 radical (unpaired) electrons. The molecule has 1 aliphatic carbocycles. The normalized spacial score (nSPS) is 17.8. The van der Waals surface area contributed by atoms with E-state index in [4.69, 9.17) is 4.74 Å². The fourth-order valence-electron chi connectivity index (χ4n) is 3.28. The summed E-state index contributed by atoms with van der Waals surface area (Å²) in [6, 6.07) is 6.63. The number of benzene rings is 1. The average molecular weight is 408 g/mol. The van der Waals surface area contributed by atoms with Crippen molar-refractivity contribution in [2.24, 2.45) is 5.92 Å². The number of anilines is 1. The van der Waals surface area contributed by atoms with Crippen LogP contribution in [0.2, 0.25) is 0 Å². The van der Waals surface area contributed by atoms with Gasteiger partial charge in [0.1, 0.15) is 10.6 Å². The summed E-state index contributed by atoms with van der Waals surface area (Å²) in [5.41, 5.74) is 0.871. The van der Waals surface area contributed by atoms with Crippen molar-refractivity contribution in [3.63, 3.8) is 0 Å². The second-order valence-corrected chi connectivity index (χ2v) is 9.74. The molecule has 1 aliphatic heterocycles. The Balaban J connectivity index is 1.53. The number of carbonyl (C=O) groups excluding carboxylic acids is 1. The molecular weight excluding hydrogens is 386 g/mol. The summed E-state index contributed by atoms with van der Waals surface area (Å²) >= 11 is 1.36. The number of nitrogens with one attached hydrogen (secondary N) is 1. The van der Waals surface area contributed by atoms with Crippen LogP contribution in [0.25, 0.3) is 0 Å². The molecule has 2 aliphatic rings. The zero-order chi connectivity index (χ0) is 19.0. The summed E-state index contributed by atoms with van der Waals surface area (Å²) in [7, 11) is -2.21. The first-order chi connectivity index (χ1) is 13.0. The third-order valence-corrected chi connectivity index (χ3v) is 7.97. The van der Waals surface area contributed by atoms with Gasteiger partial charge in [0.05, 0.1) is 19.3 Å². The Labute approximate surface area is 162 Å². The van der Waals surface area contributed by atoms with Gasteiger partial charge in [0.2, 0.25) is 15.9 Å². The van der Waals surface area contributed by atoms with Gasteiger partial charge < -0.3 is 10.1 Å². The van der Waals surface area contributed by atoms with Gasteiger partial charge in [-0.05, 0) is 25.0 Å². The molecule has 144 valence electrons. The van der Waals surface area contributed by atoms with Crippen LogP contribution in [0.5, 0.6) is 5.75 Å². The van der Waals surface area contributed by atoms with E-state index in [1.807, 2.05) is 0 Å². The van der Waals surface area contributed by atoms with Crippen molar-refractivity contribution in [1.29, 1.82) is 0 Å². The Morgan fingerprint density at radius 1 is 1.33 bits per heavy atom. The quantitative estimate of drug-likeness (QED) is 0.823. The first-order valence-electron chi connectivity index (χ1n) is 8.91. The van der Waals surface area contributed by atoms with E-state index in [1.54, 1.807) is 24.3 Å². The van der Waals surface area contributed by atoms with E-state index in [2.05, 4.69) is 10.3 Å². The number of hydrogen-bond donors (Lipinski definition) is 1. The number of para-hydroxylation sites is 1. The molecule has 2 aromatic rings. The number of amides is 1. The molecule has 0 spiro atoms.